The second-order valence-corrected chi connectivity index (χ2v) is 10.5. The van der Waals surface area contributed by atoms with Crippen LogP contribution in [-0.4, -0.2) is 73.6 Å². The summed E-state index contributed by atoms with van der Waals surface area (Å²) in [5.41, 5.74) is 3.77. The molecule has 1 aromatic carbocycles. The van der Waals surface area contributed by atoms with Crippen molar-refractivity contribution < 1.29 is 14.3 Å². The number of hydrogen-bond acceptors (Lipinski definition) is 10. The van der Waals surface area contributed by atoms with Gasteiger partial charge in [0.25, 0.3) is 5.91 Å². The van der Waals surface area contributed by atoms with E-state index < -0.39 is 5.91 Å². The monoisotopic (exact) mass is 568 g/mol. The van der Waals surface area contributed by atoms with Gasteiger partial charge in [0.05, 0.1) is 36.4 Å². The fraction of sp³-hybridized carbons (Fsp3) is 0.345. The molecule has 1 saturated heterocycles. The van der Waals surface area contributed by atoms with Gasteiger partial charge in [0.2, 0.25) is 5.91 Å². The maximum atomic E-state index is 12.6. The van der Waals surface area contributed by atoms with Crippen LogP contribution in [0.4, 0.5) is 17.2 Å². The van der Waals surface area contributed by atoms with E-state index in [-0.39, 0.29) is 35.4 Å². The smallest absolute Gasteiger partial charge is 0.273 e. The van der Waals surface area contributed by atoms with Gasteiger partial charge in [-0.3, -0.25) is 19.2 Å². The van der Waals surface area contributed by atoms with Crippen molar-refractivity contribution in [3.8, 4) is 16.9 Å². The molecule has 3 aromatic heterocycles. The highest BCUT2D eigenvalue weighted by Crippen LogP contribution is 2.39. The quantitative estimate of drug-likeness (QED) is 0.260. The number of aromatic nitrogens is 6. The van der Waals surface area contributed by atoms with Crippen LogP contribution in [0, 0.1) is 5.92 Å². The first-order valence-corrected chi connectivity index (χ1v) is 13.8. The summed E-state index contributed by atoms with van der Waals surface area (Å²) in [4.78, 5) is 27.2. The number of nitrogens with zero attached hydrogens (tertiary/aromatic N) is 7. The number of rotatable bonds is 10. The number of benzene rings is 1. The van der Waals surface area contributed by atoms with Crippen LogP contribution in [0.2, 0.25) is 0 Å². The van der Waals surface area contributed by atoms with Gasteiger partial charge in [-0.25, -0.2) is 0 Å². The number of methoxy groups -OCH3 is 1. The zero-order valence-corrected chi connectivity index (χ0v) is 23.6. The van der Waals surface area contributed by atoms with E-state index in [2.05, 4.69) is 53.3 Å². The molecular weight excluding hydrogens is 536 g/mol. The first-order chi connectivity index (χ1) is 20.4. The van der Waals surface area contributed by atoms with Crippen molar-refractivity contribution in [1.29, 1.82) is 0 Å². The molecule has 2 aliphatic rings. The Balaban J connectivity index is 1.23. The molecule has 2 atom stereocenters. The molecule has 0 bridgehead atoms. The third-order valence-corrected chi connectivity index (χ3v) is 7.72. The van der Waals surface area contributed by atoms with E-state index in [1.165, 1.54) is 7.05 Å². The molecule has 13 nitrogen and oxygen atoms in total. The second kappa shape index (κ2) is 11.5. The van der Waals surface area contributed by atoms with Crippen LogP contribution in [0.1, 0.15) is 42.0 Å². The minimum Gasteiger partial charge on any atom is -0.494 e. The topological polar surface area (TPSA) is 152 Å². The molecule has 4 heterocycles. The number of ether oxygens (including phenoxy) is 1. The number of anilines is 3. The van der Waals surface area contributed by atoms with E-state index >= 15 is 0 Å². The maximum Gasteiger partial charge on any atom is 0.273 e. The zero-order valence-electron chi connectivity index (χ0n) is 23.6. The number of para-hydroxylation sites is 1. The Morgan fingerprint density at radius 2 is 1.95 bits per heavy atom. The lowest BCUT2D eigenvalue weighted by Crippen LogP contribution is -2.54. The molecule has 1 aliphatic heterocycles. The Bertz CT molecular complexity index is 1600. The normalized spacial score (nSPS) is 18.2. The summed E-state index contributed by atoms with van der Waals surface area (Å²) in [5.74, 6) is 0.331. The fourth-order valence-corrected chi connectivity index (χ4v) is 5.10. The van der Waals surface area contributed by atoms with E-state index in [1.807, 2.05) is 47.4 Å². The number of amides is 2. The molecule has 1 aliphatic carbocycles. The lowest BCUT2D eigenvalue weighted by molar-refractivity contribution is -0.117. The SMILES string of the molecule is CNC(=O)c1nnc(NC(=O)C2CC2)cc1Nc1cccc(-c2cnn([C@H]3CN(Cc4cccnn4)[C@@H]3C)c2)c1OC. The Morgan fingerprint density at radius 3 is 2.67 bits per heavy atom. The largest absolute Gasteiger partial charge is 0.494 e. The molecular formula is C29H32N10O3. The highest BCUT2D eigenvalue weighted by Gasteiger charge is 2.37. The van der Waals surface area contributed by atoms with Gasteiger partial charge in [-0.2, -0.15) is 15.3 Å². The van der Waals surface area contributed by atoms with E-state index in [1.54, 1.807) is 19.4 Å². The Hall–Kier alpha value is -4.91. The van der Waals surface area contributed by atoms with E-state index in [9.17, 15) is 9.59 Å². The van der Waals surface area contributed by atoms with Crippen LogP contribution >= 0.6 is 0 Å². The van der Waals surface area contributed by atoms with Crippen molar-refractivity contribution in [3.05, 3.63) is 66.4 Å². The summed E-state index contributed by atoms with van der Waals surface area (Å²) in [7, 11) is 3.12. The molecule has 1 saturated carbocycles. The number of nitrogens with one attached hydrogen (secondary N) is 3. The number of carbonyl (C=O) groups is 2. The number of carbonyl (C=O) groups excluding carboxylic acids is 2. The van der Waals surface area contributed by atoms with Crippen molar-refractivity contribution in [1.82, 2.24) is 40.4 Å². The Kier molecular flexibility index (Phi) is 7.48. The van der Waals surface area contributed by atoms with Crippen molar-refractivity contribution in [3.63, 3.8) is 0 Å². The van der Waals surface area contributed by atoms with Crippen molar-refractivity contribution in [2.75, 3.05) is 31.3 Å². The molecule has 2 fully saturated rings. The fourth-order valence-electron chi connectivity index (χ4n) is 5.10. The van der Waals surface area contributed by atoms with Gasteiger partial charge in [0.1, 0.15) is 5.75 Å². The first kappa shape index (κ1) is 27.3. The molecule has 0 radical (unpaired) electrons. The van der Waals surface area contributed by atoms with Gasteiger partial charge in [0, 0.05) is 61.7 Å². The lowest BCUT2D eigenvalue weighted by atomic mass is 9.98. The van der Waals surface area contributed by atoms with Gasteiger partial charge in [-0.1, -0.05) is 12.1 Å². The van der Waals surface area contributed by atoms with Crippen molar-refractivity contribution in [2.24, 2.45) is 5.92 Å². The third-order valence-electron chi connectivity index (χ3n) is 7.72. The molecule has 0 unspecified atom stereocenters. The van der Waals surface area contributed by atoms with E-state index in [4.69, 9.17) is 4.74 Å². The molecule has 216 valence electrons. The summed E-state index contributed by atoms with van der Waals surface area (Å²) in [6.45, 7) is 3.79. The predicted octanol–water partition coefficient (Wildman–Crippen LogP) is 3.04. The summed E-state index contributed by atoms with van der Waals surface area (Å²) >= 11 is 0. The lowest BCUT2D eigenvalue weighted by Gasteiger charge is -2.46. The van der Waals surface area contributed by atoms with Crippen molar-refractivity contribution in [2.45, 2.75) is 38.4 Å². The van der Waals surface area contributed by atoms with Gasteiger partial charge in [-0.05, 0) is 38.0 Å². The highest BCUT2D eigenvalue weighted by molar-refractivity contribution is 6.00. The highest BCUT2D eigenvalue weighted by atomic mass is 16.5. The van der Waals surface area contributed by atoms with Gasteiger partial charge in [-0.15, -0.1) is 10.2 Å². The number of likely N-dealkylation sites (tertiary alicyclic amines) is 1. The molecule has 4 aromatic rings. The van der Waals surface area contributed by atoms with Crippen LogP contribution in [-0.2, 0) is 11.3 Å². The van der Waals surface area contributed by atoms with E-state index in [0.717, 1.165) is 42.8 Å². The van der Waals surface area contributed by atoms with Crippen LogP contribution in [0.25, 0.3) is 11.1 Å². The average Bonchev–Trinajstić information content (AvgIpc) is 3.76. The molecule has 2 amide bonds. The van der Waals surface area contributed by atoms with Gasteiger partial charge >= 0.3 is 0 Å². The van der Waals surface area contributed by atoms with E-state index in [0.29, 0.717) is 17.1 Å². The van der Waals surface area contributed by atoms with Crippen molar-refractivity contribution >= 4 is 29.0 Å². The van der Waals surface area contributed by atoms with Crippen LogP contribution < -0.4 is 20.7 Å². The molecule has 13 heteroatoms. The summed E-state index contributed by atoms with van der Waals surface area (Å²) in [5, 5.41) is 29.6. The summed E-state index contributed by atoms with van der Waals surface area (Å²) in [6, 6.07) is 11.7. The molecule has 42 heavy (non-hydrogen) atoms. The minimum absolute atomic E-state index is 0.00341. The summed E-state index contributed by atoms with van der Waals surface area (Å²) in [6.07, 6.45) is 7.26. The predicted molar refractivity (Wildman–Crippen MR) is 155 cm³/mol. The molecule has 6 rings (SSSR count). The first-order valence-electron chi connectivity index (χ1n) is 13.8. The van der Waals surface area contributed by atoms with Gasteiger partial charge < -0.3 is 20.7 Å². The van der Waals surface area contributed by atoms with Crippen LogP contribution in [0.3, 0.4) is 0 Å². The van der Waals surface area contributed by atoms with Crippen LogP contribution in [0.5, 0.6) is 5.75 Å². The standard InChI is InChI=1S/C29H32N10O3/c1-17-24(16-38(17)15-20-6-5-11-31-35-20)39-14-19(13-32-39)21-7-4-8-22(27(21)42-3)33-23-12-25(34-28(40)18-9-10-18)36-37-26(23)29(41)30-2/h4-8,11-14,17-18,24H,9-10,15-16H2,1-3H3,(H,30,41)(H2,33,34,36,40)/t17-,24+/m1/s1. The minimum atomic E-state index is -0.413. The second-order valence-electron chi connectivity index (χ2n) is 10.5. The molecule has 3 N–H and O–H groups in total. The summed E-state index contributed by atoms with van der Waals surface area (Å²) < 4.78 is 7.85. The average molecular weight is 569 g/mol. The zero-order chi connectivity index (χ0) is 29.2. The molecule has 0 spiro atoms. The Labute approximate surface area is 242 Å². The van der Waals surface area contributed by atoms with Gasteiger partial charge in [0.15, 0.2) is 11.5 Å². The Morgan fingerprint density at radius 1 is 1.10 bits per heavy atom. The van der Waals surface area contributed by atoms with Crippen LogP contribution in [0.15, 0.2) is 55.0 Å². The third kappa shape index (κ3) is 5.50. The maximum absolute atomic E-state index is 12.6. The number of hydrogen-bond donors (Lipinski definition) is 3.